The number of fused-ring (bicyclic) bond motifs is 1. The van der Waals surface area contributed by atoms with Crippen LogP contribution >= 0.6 is 0 Å². The lowest BCUT2D eigenvalue weighted by molar-refractivity contribution is 0.0965. The first-order valence-corrected chi connectivity index (χ1v) is 3.75. The van der Waals surface area contributed by atoms with Gasteiger partial charge in [0.15, 0.2) is 0 Å². The Morgan fingerprint density at radius 1 is 1.50 bits per heavy atom. The highest BCUT2D eigenvalue weighted by Gasteiger charge is 2.19. The van der Waals surface area contributed by atoms with Gasteiger partial charge in [-0.1, -0.05) is 0 Å². The monoisotopic (exact) mass is 165 g/mol. The summed E-state index contributed by atoms with van der Waals surface area (Å²) in [7, 11) is 0. The van der Waals surface area contributed by atoms with E-state index in [0.29, 0.717) is 17.7 Å². The SMILES string of the molecule is Cc1cc2c(cc1F)CNC2=O. The molecule has 0 saturated carbocycles. The van der Waals surface area contributed by atoms with Gasteiger partial charge in [-0.05, 0) is 30.2 Å². The minimum absolute atomic E-state index is 0.104. The molecule has 1 N–H and O–H groups in total. The van der Waals surface area contributed by atoms with Gasteiger partial charge >= 0.3 is 0 Å². The fourth-order valence-corrected chi connectivity index (χ4v) is 1.35. The molecule has 2 nitrogen and oxygen atoms in total. The number of rotatable bonds is 0. The van der Waals surface area contributed by atoms with Gasteiger partial charge in [0, 0.05) is 12.1 Å². The molecule has 0 radical (unpaired) electrons. The van der Waals surface area contributed by atoms with Gasteiger partial charge in [0.25, 0.3) is 5.91 Å². The summed E-state index contributed by atoms with van der Waals surface area (Å²) in [6.45, 7) is 2.10. The molecule has 62 valence electrons. The Kier molecular flexibility index (Phi) is 1.40. The van der Waals surface area contributed by atoms with E-state index in [1.165, 1.54) is 6.07 Å². The molecule has 2 rings (SSSR count). The van der Waals surface area contributed by atoms with Gasteiger partial charge in [-0.2, -0.15) is 0 Å². The van der Waals surface area contributed by atoms with Crippen molar-refractivity contribution in [2.75, 3.05) is 0 Å². The maximum Gasteiger partial charge on any atom is 0.251 e. The zero-order valence-electron chi connectivity index (χ0n) is 6.65. The van der Waals surface area contributed by atoms with Crippen LogP contribution in [0.15, 0.2) is 12.1 Å². The molecule has 0 fully saturated rings. The Morgan fingerprint density at radius 2 is 2.25 bits per heavy atom. The van der Waals surface area contributed by atoms with Gasteiger partial charge in [0.2, 0.25) is 0 Å². The van der Waals surface area contributed by atoms with Crippen molar-refractivity contribution in [2.24, 2.45) is 0 Å². The average Bonchev–Trinajstić information content (AvgIpc) is 2.35. The largest absolute Gasteiger partial charge is 0.348 e. The average molecular weight is 165 g/mol. The zero-order chi connectivity index (χ0) is 8.72. The van der Waals surface area contributed by atoms with Crippen molar-refractivity contribution in [3.8, 4) is 0 Å². The molecule has 0 bridgehead atoms. The fraction of sp³-hybridized carbons (Fsp3) is 0.222. The zero-order valence-corrected chi connectivity index (χ0v) is 6.65. The van der Waals surface area contributed by atoms with Crippen LogP contribution in [0.1, 0.15) is 21.5 Å². The molecule has 1 heterocycles. The third kappa shape index (κ3) is 0.897. The topological polar surface area (TPSA) is 29.1 Å². The Labute approximate surface area is 69.4 Å². The van der Waals surface area contributed by atoms with Crippen LogP contribution in [-0.4, -0.2) is 5.91 Å². The summed E-state index contributed by atoms with van der Waals surface area (Å²) >= 11 is 0. The third-order valence-electron chi connectivity index (χ3n) is 2.07. The number of hydrogen-bond donors (Lipinski definition) is 1. The second kappa shape index (κ2) is 2.30. The van der Waals surface area contributed by atoms with Crippen molar-refractivity contribution in [3.05, 3.63) is 34.6 Å². The lowest BCUT2D eigenvalue weighted by Gasteiger charge is -1.98. The number of nitrogens with one attached hydrogen (secondary N) is 1. The number of aryl methyl sites for hydroxylation is 1. The van der Waals surface area contributed by atoms with E-state index in [-0.39, 0.29) is 11.7 Å². The Bertz CT molecular complexity index is 360. The Balaban J connectivity index is 2.63. The predicted molar refractivity (Wildman–Crippen MR) is 42.3 cm³/mol. The van der Waals surface area contributed by atoms with E-state index >= 15 is 0 Å². The number of carbonyl (C=O) groups is 1. The molecule has 1 amide bonds. The van der Waals surface area contributed by atoms with Gasteiger partial charge < -0.3 is 5.32 Å². The molecule has 3 heteroatoms. The summed E-state index contributed by atoms with van der Waals surface area (Å²) in [5, 5.41) is 2.63. The first-order valence-electron chi connectivity index (χ1n) is 3.75. The van der Waals surface area contributed by atoms with Crippen molar-refractivity contribution in [2.45, 2.75) is 13.5 Å². The first kappa shape index (κ1) is 7.28. The predicted octanol–water partition coefficient (Wildman–Crippen LogP) is 1.38. The number of benzene rings is 1. The van der Waals surface area contributed by atoms with Crippen LogP contribution in [0.5, 0.6) is 0 Å². The van der Waals surface area contributed by atoms with E-state index in [1.54, 1.807) is 13.0 Å². The van der Waals surface area contributed by atoms with E-state index in [1.807, 2.05) is 0 Å². The molecule has 1 aliphatic heterocycles. The van der Waals surface area contributed by atoms with Crippen molar-refractivity contribution >= 4 is 5.91 Å². The maximum absolute atomic E-state index is 13.0. The van der Waals surface area contributed by atoms with Crippen molar-refractivity contribution in [3.63, 3.8) is 0 Å². The molecule has 1 aromatic carbocycles. The van der Waals surface area contributed by atoms with E-state index in [4.69, 9.17) is 0 Å². The highest BCUT2D eigenvalue weighted by atomic mass is 19.1. The normalized spacial score (nSPS) is 14.3. The quantitative estimate of drug-likeness (QED) is 0.618. The summed E-state index contributed by atoms with van der Waals surface area (Å²) in [6.07, 6.45) is 0. The van der Waals surface area contributed by atoms with Crippen molar-refractivity contribution in [1.82, 2.24) is 5.32 Å². The Morgan fingerprint density at radius 3 is 3.00 bits per heavy atom. The summed E-state index contributed by atoms with van der Waals surface area (Å²) in [5.74, 6) is -0.349. The molecule has 1 aromatic rings. The van der Waals surface area contributed by atoms with E-state index in [2.05, 4.69) is 5.32 Å². The number of amides is 1. The van der Waals surface area contributed by atoms with Crippen LogP contribution in [0.3, 0.4) is 0 Å². The van der Waals surface area contributed by atoms with Gasteiger partial charge in [0.05, 0.1) is 0 Å². The van der Waals surface area contributed by atoms with Gasteiger partial charge in [-0.25, -0.2) is 4.39 Å². The summed E-state index contributed by atoms with van der Waals surface area (Å²) in [6, 6.07) is 3.01. The second-order valence-electron chi connectivity index (χ2n) is 2.94. The minimum atomic E-state index is -0.245. The van der Waals surface area contributed by atoms with Crippen LogP contribution in [0, 0.1) is 12.7 Å². The highest BCUT2D eigenvalue weighted by Crippen LogP contribution is 2.19. The van der Waals surface area contributed by atoms with Crippen molar-refractivity contribution in [1.29, 1.82) is 0 Å². The molecular weight excluding hydrogens is 157 g/mol. The fourth-order valence-electron chi connectivity index (χ4n) is 1.35. The number of hydrogen-bond acceptors (Lipinski definition) is 1. The summed E-state index contributed by atoms with van der Waals surface area (Å²) in [4.78, 5) is 11.1. The van der Waals surface area contributed by atoms with Crippen LogP contribution in [0.4, 0.5) is 4.39 Å². The van der Waals surface area contributed by atoms with E-state index in [9.17, 15) is 9.18 Å². The molecule has 0 unspecified atom stereocenters. The smallest absolute Gasteiger partial charge is 0.251 e. The Hall–Kier alpha value is -1.38. The van der Waals surface area contributed by atoms with Gasteiger partial charge in [0.1, 0.15) is 5.82 Å². The third-order valence-corrected chi connectivity index (χ3v) is 2.07. The highest BCUT2D eigenvalue weighted by molar-refractivity contribution is 5.98. The van der Waals surface area contributed by atoms with Crippen LogP contribution < -0.4 is 5.32 Å². The molecule has 0 aliphatic carbocycles. The van der Waals surface area contributed by atoms with E-state index in [0.717, 1.165) is 5.56 Å². The molecule has 12 heavy (non-hydrogen) atoms. The van der Waals surface area contributed by atoms with E-state index < -0.39 is 0 Å². The molecule has 0 saturated heterocycles. The standard InChI is InChI=1S/C9H8FNO/c1-5-2-7-6(3-8(5)10)4-11-9(7)12/h2-3H,4H2,1H3,(H,11,12). The maximum atomic E-state index is 13.0. The lowest BCUT2D eigenvalue weighted by atomic mass is 10.1. The van der Waals surface area contributed by atoms with Gasteiger partial charge in [-0.15, -0.1) is 0 Å². The molecule has 0 atom stereocenters. The molecule has 0 spiro atoms. The van der Waals surface area contributed by atoms with Gasteiger partial charge in [-0.3, -0.25) is 4.79 Å². The minimum Gasteiger partial charge on any atom is -0.348 e. The first-order chi connectivity index (χ1) is 5.68. The molecule has 0 aromatic heterocycles. The second-order valence-corrected chi connectivity index (χ2v) is 2.94. The molecule has 1 aliphatic rings. The van der Waals surface area contributed by atoms with Crippen LogP contribution in [0.2, 0.25) is 0 Å². The lowest BCUT2D eigenvalue weighted by Crippen LogP contribution is -2.12. The number of carbonyl (C=O) groups excluding carboxylic acids is 1. The van der Waals surface area contributed by atoms with Crippen molar-refractivity contribution < 1.29 is 9.18 Å². The summed E-state index contributed by atoms with van der Waals surface area (Å²) < 4.78 is 13.0. The molecular formula is C9H8FNO. The van der Waals surface area contributed by atoms with Crippen LogP contribution in [0.25, 0.3) is 0 Å². The summed E-state index contributed by atoms with van der Waals surface area (Å²) in [5.41, 5.74) is 1.88. The number of halogens is 1. The van der Waals surface area contributed by atoms with Crippen LogP contribution in [-0.2, 0) is 6.54 Å².